The average Bonchev–Trinajstić information content (AvgIpc) is 2.38. The highest BCUT2D eigenvalue weighted by Crippen LogP contribution is 2.15. The van der Waals surface area contributed by atoms with Gasteiger partial charge in [0, 0.05) is 6.07 Å². The number of ether oxygens (including phenoxy) is 1. The number of halogens is 1. The maximum Gasteiger partial charge on any atom is 0.237 e. The maximum atomic E-state index is 12.9. The fourth-order valence-corrected chi connectivity index (χ4v) is 1.70. The Bertz CT molecular complexity index is 426. The number of hydrogen-bond donors (Lipinski definition) is 2. The van der Waals surface area contributed by atoms with Crippen LogP contribution in [0.1, 0.15) is 26.2 Å². The van der Waals surface area contributed by atoms with Crippen molar-refractivity contribution in [3.8, 4) is 5.75 Å². The minimum atomic E-state index is -0.682. The molecule has 0 aromatic heterocycles. The minimum Gasteiger partial charge on any atom is -0.493 e. The molecule has 19 heavy (non-hydrogen) atoms. The van der Waals surface area contributed by atoms with Crippen molar-refractivity contribution in [3.05, 3.63) is 30.1 Å². The van der Waals surface area contributed by atoms with Crippen LogP contribution in [0.25, 0.3) is 0 Å². The molecule has 1 aromatic carbocycles. The molecule has 0 saturated heterocycles. The molecule has 0 radical (unpaired) electrons. The summed E-state index contributed by atoms with van der Waals surface area (Å²) in [6.45, 7) is 2.27. The third-order valence-corrected chi connectivity index (χ3v) is 3.23. The van der Waals surface area contributed by atoms with E-state index in [2.05, 4.69) is 5.32 Å². The molecule has 4 nitrogen and oxygen atoms in total. The van der Waals surface area contributed by atoms with E-state index >= 15 is 0 Å². The number of benzene rings is 1. The first kappa shape index (κ1) is 15.4. The van der Waals surface area contributed by atoms with Crippen LogP contribution < -0.4 is 15.8 Å². The van der Waals surface area contributed by atoms with E-state index in [0.717, 1.165) is 12.8 Å². The number of rotatable bonds is 8. The summed E-state index contributed by atoms with van der Waals surface area (Å²) in [7, 11) is 1.72. The van der Waals surface area contributed by atoms with Crippen LogP contribution in [-0.4, -0.2) is 25.1 Å². The summed E-state index contributed by atoms with van der Waals surface area (Å²) in [6.07, 6.45) is 2.22. The highest BCUT2D eigenvalue weighted by atomic mass is 19.1. The smallest absolute Gasteiger partial charge is 0.237 e. The number of amides is 1. The Kier molecular flexibility index (Phi) is 5.76. The molecule has 1 aromatic rings. The Hall–Kier alpha value is -1.62. The first-order valence-electron chi connectivity index (χ1n) is 6.35. The Labute approximate surface area is 113 Å². The van der Waals surface area contributed by atoms with Crippen LogP contribution in [0, 0.1) is 5.82 Å². The molecule has 1 amide bonds. The van der Waals surface area contributed by atoms with E-state index in [4.69, 9.17) is 10.5 Å². The van der Waals surface area contributed by atoms with Gasteiger partial charge in [-0.3, -0.25) is 4.79 Å². The van der Waals surface area contributed by atoms with E-state index in [9.17, 15) is 9.18 Å². The molecular weight excluding hydrogens is 247 g/mol. The van der Waals surface area contributed by atoms with Crippen LogP contribution in [0.5, 0.6) is 5.75 Å². The lowest BCUT2D eigenvalue weighted by atomic mass is 9.94. The van der Waals surface area contributed by atoms with E-state index in [1.807, 2.05) is 0 Å². The fraction of sp³-hybridized carbons (Fsp3) is 0.500. The number of nitrogens with two attached hydrogens (primary N) is 1. The Balaban J connectivity index is 2.26. The predicted octanol–water partition coefficient (Wildman–Crippen LogP) is 1.84. The summed E-state index contributed by atoms with van der Waals surface area (Å²) < 4.78 is 18.3. The van der Waals surface area contributed by atoms with Crippen molar-refractivity contribution in [1.82, 2.24) is 5.32 Å². The van der Waals surface area contributed by atoms with E-state index in [1.54, 1.807) is 26.1 Å². The molecule has 0 fully saturated rings. The normalized spacial score (nSPS) is 13.8. The number of carbonyl (C=O) groups is 1. The second-order valence-electron chi connectivity index (χ2n) is 4.71. The SMILES string of the molecule is CNC(C)(CCCCOc1cccc(F)c1)C(N)=O. The zero-order valence-corrected chi connectivity index (χ0v) is 11.4. The summed E-state index contributed by atoms with van der Waals surface area (Å²) in [5.74, 6) is -0.152. The summed E-state index contributed by atoms with van der Waals surface area (Å²) in [6, 6.07) is 6.04. The Morgan fingerprint density at radius 2 is 2.21 bits per heavy atom. The predicted molar refractivity (Wildman–Crippen MR) is 72.4 cm³/mol. The molecule has 5 heteroatoms. The second-order valence-corrected chi connectivity index (χ2v) is 4.71. The molecule has 0 heterocycles. The molecule has 0 aliphatic heterocycles. The van der Waals surface area contributed by atoms with Crippen LogP contribution in [0.3, 0.4) is 0 Å². The monoisotopic (exact) mass is 268 g/mol. The van der Waals surface area contributed by atoms with Gasteiger partial charge in [0.1, 0.15) is 11.6 Å². The molecule has 106 valence electrons. The molecule has 0 spiro atoms. The zero-order valence-electron chi connectivity index (χ0n) is 11.4. The topological polar surface area (TPSA) is 64.3 Å². The highest BCUT2D eigenvalue weighted by molar-refractivity contribution is 5.84. The van der Waals surface area contributed by atoms with Crippen molar-refractivity contribution in [3.63, 3.8) is 0 Å². The van der Waals surface area contributed by atoms with Crippen molar-refractivity contribution in [1.29, 1.82) is 0 Å². The molecule has 0 bridgehead atoms. The van der Waals surface area contributed by atoms with Gasteiger partial charge in [0.2, 0.25) is 5.91 Å². The number of primary amides is 1. The largest absolute Gasteiger partial charge is 0.493 e. The van der Waals surface area contributed by atoms with Crippen molar-refractivity contribution < 1.29 is 13.9 Å². The lowest BCUT2D eigenvalue weighted by molar-refractivity contribution is -0.123. The van der Waals surface area contributed by atoms with Crippen molar-refractivity contribution in [2.24, 2.45) is 5.73 Å². The van der Waals surface area contributed by atoms with E-state index in [1.165, 1.54) is 12.1 Å². The number of nitrogens with one attached hydrogen (secondary N) is 1. The van der Waals surface area contributed by atoms with Gasteiger partial charge in [-0.25, -0.2) is 4.39 Å². The standard InChI is InChI=1S/C14H21FN2O2/c1-14(17-2,13(16)18)8-3-4-9-19-12-7-5-6-11(15)10-12/h5-7,10,17H,3-4,8-9H2,1-2H3,(H2,16,18). The van der Waals surface area contributed by atoms with E-state index in [0.29, 0.717) is 18.8 Å². The third kappa shape index (κ3) is 4.87. The molecule has 1 atom stereocenters. The summed E-state index contributed by atoms with van der Waals surface area (Å²) >= 11 is 0. The van der Waals surface area contributed by atoms with Gasteiger partial charge in [-0.2, -0.15) is 0 Å². The lowest BCUT2D eigenvalue weighted by Crippen LogP contribution is -2.51. The molecule has 1 unspecified atom stereocenters. The number of hydrogen-bond acceptors (Lipinski definition) is 3. The average molecular weight is 268 g/mol. The number of unbranched alkanes of at least 4 members (excludes halogenated alkanes) is 1. The van der Waals surface area contributed by atoms with Crippen molar-refractivity contribution in [2.75, 3.05) is 13.7 Å². The lowest BCUT2D eigenvalue weighted by Gasteiger charge is -2.25. The molecule has 3 N–H and O–H groups in total. The number of likely N-dealkylation sites (N-methyl/N-ethyl adjacent to an activating group) is 1. The van der Waals surface area contributed by atoms with Gasteiger partial charge in [-0.1, -0.05) is 6.07 Å². The molecule has 0 aliphatic carbocycles. The van der Waals surface area contributed by atoms with Crippen LogP contribution in [0.4, 0.5) is 4.39 Å². The van der Waals surface area contributed by atoms with Crippen molar-refractivity contribution in [2.45, 2.75) is 31.7 Å². The fourth-order valence-electron chi connectivity index (χ4n) is 1.70. The van der Waals surface area contributed by atoms with Gasteiger partial charge in [-0.15, -0.1) is 0 Å². The first-order valence-corrected chi connectivity index (χ1v) is 6.35. The van der Waals surface area contributed by atoms with Gasteiger partial charge < -0.3 is 15.8 Å². The summed E-state index contributed by atoms with van der Waals surface area (Å²) in [5.41, 5.74) is 4.65. The van der Waals surface area contributed by atoms with E-state index < -0.39 is 5.54 Å². The zero-order chi connectivity index (χ0) is 14.3. The van der Waals surface area contributed by atoms with Gasteiger partial charge in [-0.05, 0) is 45.4 Å². The van der Waals surface area contributed by atoms with Crippen LogP contribution in [0.15, 0.2) is 24.3 Å². The Morgan fingerprint density at radius 3 is 2.79 bits per heavy atom. The number of carbonyl (C=O) groups excluding carboxylic acids is 1. The molecule has 0 saturated carbocycles. The molecule has 0 aliphatic rings. The quantitative estimate of drug-likeness (QED) is 0.707. The van der Waals surface area contributed by atoms with E-state index in [-0.39, 0.29) is 11.7 Å². The van der Waals surface area contributed by atoms with Crippen molar-refractivity contribution >= 4 is 5.91 Å². The first-order chi connectivity index (χ1) is 8.98. The minimum absolute atomic E-state index is 0.311. The van der Waals surface area contributed by atoms with Crippen LogP contribution in [-0.2, 0) is 4.79 Å². The van der Waals surface area contributed by atoms with Gasteiger partial charge >= 0.3 is 0 Å². The maximum absolute atomic E-state index is 12.9. The molecule has 1 rings (SSSR count). The van der Waals surface area contributed by atoms with Gasteiger partial charge in [0.25, 0.3) is 0 Å². The van der Waals surface area contributed by atoms with Gasteiger partial charge in [0.05, 0.1) is 12.1 Å². The summed E-state index contributed by atoms with van der Waals surface area (Å²) in [4.78, 5) is 11.3. The Morgan fingerprint density at radius 1 is 1.47 bits per heavy atom. The third-order valence-electron chi connectivity index (χ3n) is 3.23. The molecular formula is C14H21FN2O2. The van der Waals surface area contributed by atoms with Crippen LogP contribution in [0.2, 0.25) is 0 Å². The second kappa shape index (κ2) is 7.09. The highest BCUT2D eigenvalue weighted by Gasteiger charge is 2.27. The van der Waals surface area contributed by atoms with Crippen LogP contribution >= 0.6 is 0 Å². The summed E-state index contributed by atoms with van der Waals surface area (Å²) in [5, 5.41) is 2.93. The van der Waals surface area contributed by atoms with Gasteiger partial charge in [0.15, 0.2) is 0 Å².